The van der Waals surface area contributed by atoms with Gasteiger partial charge in [-0.05, 0) is 40.4 Å². The van der Waals surface area contributed by atoms with Crippen LogP contribution in [0.4, 0.5) is 5.69 Å². The first-order chi connectivity index (χ1) is 9.04. The number of hydrogen-bond donors (Lipinski definition) is 2. The van der Waals surface area contributed by atoms with E-state index < -0.39 is 0 Å². The van der Waals surface area contributed by atoms with Gasteiger partial charge in [-0.3, -0.25) is 4.79 Å². The molecule has 4 nitrogen and oxygen atoms in total. The van der Waals surface area contributed by atoms with Crippen LogP contribution in [0.1, 0.15) is 20.3 Å². The van der Waals surface area contributed by atoms with Crippen molar-refractivity contribution >= 4 is 27.5 Å². The van der Waals surface area contributed by atoms with Crippen molar-refractivity contribution in [2.45, 2.75) is 26.3 Å². The molecular weight excluding hydrogens is 306 g/mol. The van der Waals surface area contributed by atoms with E-state index in [0.29, 0.717) is 12.3 Å². The predicted molar refractivity (Wildman–Crippen MR) is 79.6 cm³/mol. The molecule has 1 aromatic rings. The van der Waals surface area contributed by atoms with Crippen molar-refractivity contribution in [3.8, 4) is 6.07 Å². The monoisotopic (exact) mass is 323 g/mol. The van der Waals surface area contributed by atoms with Gasteiger partial charge < -0.3 is 10.6 Å². The molecule has 1 aromatic carbocycles. The molecule has 0 radical (unpaired) electrons. The lowest BCUT2D eigenvalue weighted by atomic mass is 10.0. The predicted octanol–water partition coefficient (Wildman–Crippen LogP) is 2.92. The molecule has 1 unspecified atom stereocenters. The number of carbonyl (C=O) groups excluding carboxylic acids is 1. The molecule has 0 saturated carbocycles. The van der Waals surface area contributed by atoms with E-state index in [9.17, 15) is 4.79 Å². The molecule has 1 amide bonds. The van der Waals surface area contributed by atoms with E-state index in [-0.39, 0.29) is 18.5 Å². The first-order valence-electron chi connectivity index (χ1n) is 6.20. The van der Waals surface area contributed by atoms with Crippen molar-refractivity contribution in [2.24, 2.45) is 5.92 Å². The summed E-state index contributed by atoms with van der Waals surface area (Å²) in [5, 5.41) is 14.3. The third-order valence-corrected chi connectivity index (χ3v) is 3.26. The lowest BCUT2D eigenvalue weighted by Crippen LogP contribution is -2.40. The number of nitrogens with one attached hydrogen (secondary N) is 2. The Morgan fingerprint density at radius 1 is 1.42 bits per heavy atom. The van der Waals surface area contributed by atoms with Crippen LogP contribution in [0.5, 0.6) is 0 Å². The zero-order valence-corrected chi connectivity index (χ0v) is 12.7. The maximum Gasteiger partial charge on any atom is 0.243 e. The Labute approximate surface area is 122 Å². The van der Waals surface area contributed by atoms with Crippen LogP contribution in [0.2, 0.25) is 0 Å². The molecule has 102 valence electrons. The number of amides is 1. The summed E-state index contributed by atoms with van der Waals surface area (Å²) < 4.78 is 0.914. The Bertz CT molecular complexity index is 468. The van der Waals surface area contributed by atoms with Gasteiger partial charge in [-0.1, -0.05) is 26.0 Å². The summed E-state index contributed by atoms with van der Waals surface area (Å²) in [6.45, 7) is 4.16. The Morgan fingerprint density at radius 3 is 2.68 bits per heavy atom. The van der Waals surface area contributed by atoms with Crippen LogP contribution >= 0.6 is 15.9 Å². The maximum absolute atomic E-state index is 12.0. The molecule has 0 bridgehead atoms. The number of nitriles is 1. The molecule has 0 saturated heterocycles. The van der Waals surface area contributed by atoms with Gasteiger partial charge in [-0.15, -0.1) is 0 Å². The standard InChI is InChI=1S/C14H18BrN3O/c1-10(2)9-13(14(19)17-8-7-16)18-12-6-4-3-5-11(12)15/h3-6,10,13,18H,8-9H2,1-2H3,(H,17,19). The van der Waals surface area contributed by atoms with E-state index >= 15 is 0 Å². The average molecular weight is 324 g/mol. The topological polar surface area (TPSA) is 64.9 Å². The zero-order valence-electron chi connectivity index (χ0n) is 11.1. The Balaban J connectivity index is 2.77. The largest absolute Gasteiger partial charge is 0.373 e. The molecule has 0 aromatic heterocycles. The fourth-order valence-corrected chi connectivity index (χ4v) is 2.12. The Morgan fingerprint density at radius 2 is 2.11 bits per heavy atom. The molecule has 1 atom stereocenters. The fraction of sp³-hybridized carbons (Fsp3) is 0.429. The molecule has 1 rings (SSSR count). The van der Waals surface area contributed by atoms with Crippen LogP contribution in [0.3, 0.4) is 0 Å². The van der Waals surface area contributed by atoms with Gasteiger partial charge in [0.05, 0.1) is 6.07 Å². The highest BCUT2D eigenvalue weighted by molar-refractivity contribution is 9.10. The molecule has 0 spiro atoms. The smallest absolute Gasteiger partial charge is 0.243 e. The molecule has 19 heavy (non-hydrogen) atoms. The average Bonchev–Trinajstić information content (AvgIpc) is 2.37. The van der Waals surface area contributed by atoms with Crippen LogP contribution < -0.4 is 10.6 Å². The van der Waals surface area contributed by atoms with Crippen LogP contribution in [0, 0.1) is 17.2 Å². The van der Waals surface area contributed by atoms with E-state index in [2.05, 4.69) is 40.4 Å². The molecule has 0 fully saturated rings. The first-order valence-corrected chi connectivity index (χ1v) is 6.99. The molecule has 2 N–H and O–H groups in total. The van der Waals surface area contributed by atoms with Crippen molar-refractivity contribution in [1.29, 1.82) is 5.26 Å². The maximum atomic E-state index is 12.0. The molecule has 0 aliphatic carbocycles. The second kappa shape index (κ2) is 7.80. The van der Waals surface area contributed by atoms with Crippen molar-refractivity contribution in [1.82, 2.24) is 5.32 Å². The number of benzene rings is 1. The number of hydrogen-bond acceptors (Lipinski definition) is 3. The summed E-state index contributed by atoms with van der Waals surface area (Å²) >= 11 is 3.45. The van der Waals surface area contributed by atoms with Gasteiger partial charge >= 0.3 is 0 Å². The second-order valence-corrected chi connectivity index (χ2v) is 5.54. The van der Waals surface area contributed by atoms with E-state index in [1.807, 2.05) is 30.3 Å². The summed E-state index contributed by atoms with van der Waals surface area (Å²) in [5.74, 6) is 0.235. The number of rotatable bonds is 6. The van der Waals surface area contributed by atoms with Gasteiger partial charge in [0.15, 0.2) is 0 Å². The lowest BCUT2D eigenvalue weighted by Gasteiger charge is -2.21. The molecule has 5 heteroatoms. The highest BCUT2D eigenvalue weighted by Gasteiger charge is 2.19. The molecule has 0 heterocycles. The van der Waals surface area contributed by atoms with E-state index in [1.165, 1.54) is 0 Å². The third-order valence-electron chi connectivity index (χ3n) is 2.57. The van der Waals surface area contributed by atoms with Gasteiger partial charge in [-0.2, -0.15) is 5.26 Å². The highest BCUT2D eigenvalue weighted by Crippen LogP contribution is 2.23. The van der Waals surface area contributed by atoms with Crippen molar-refractivity contribution in [3.63, 3.8) is 0 Å². The van der Waals surface area contributed by atoms with E-state index in [4.69, 9.17) is 5.26 Å². The highest BCUT2D eigenvalue weighted by atomic mass is 79.9. The summed E-state index contributed by atoms with van der Waals surface area (Å²) in [4.78, 5) is 12.0. The van der Waals surface area contributed by atoms with Gasteiger partial charge in [0.2, 0.25) is 5.91 Å². The lowest BCUT2D eigenvalue weighted by molar-refractivity contribution is -0.121. The molecule has 0 aliphatic heterocycles. The number of halogens is 1. The summed E-state index contributed by atoms with van der Waals surface area (Å²) in [5.41, 5.74) is 0.875. The van der Waals surface area contributed by atoms with Gasteiger partial charge in [0.1, 0.15) is 12.6 Å². The van der Waals surface area contributed by atoms with Crippen molar-refractivity contribution in [2.75, 3.05) is 11.9 Å². The zero-order chi connectivity index (χ0) is 14.3. The van der Waals surface area contributed by atoms with E-state index in [0.717, 1.165) is 10.2 Å². The Hall–Kier alpha value is -1.54. The fourth-order valence-electron chi connectivity index (χ4n) is 1.72. The SMILES string of the molecule is CC(C)CC(Nc1ccccc1Br)C(=O)NCC#N. The minimum absolute atomic E-state index is 0.0328. The van der Waals surface area contributed by atoms with E-state index in [1.54, 1.807) is 0 Å². The normalized spacial score (nSPS) is 11.7. The number of para-hydroxylation sites is 1. The van der Waals surface area contributed by atoms with Crippen LogP contribution in [0.15, 0.2) is 28.7 Å². The third kappa shape index (κ3) is 5.31. The summed E-state index contributed by atoms with van der Waals surface area (Å²) in [6, 6.07) is 9.23. The number of carbonyl (C=O) groups is 1. The first kappa shape index (κ1) is 15.5. The van der Waals surface area contributed by atoms with Crippen LogP contribution in [0.25, 0.3) is 0 Å². The number of anilines is 1. The molecular formula is C14H18BrN3O. The summed E-state index contributed by atoms with van der Waals surface area (Å²) in [6.07, 6.45) is 0.707. The van der Waals surface area contributed by atoms with Crippen molar-refractivity contribution in [3.05, 3.63) is 28.7 Å². The van der Waals surface area contributed by atoms with Gasteiger partial charge in [-0.25, -0.2) is 0 Å². The minimum Gasteiger partial charge on any atom is -0.373 e. The van der Waals surface area contributed by atoms with Crippen LogP contribution in [-0.4, -0.2) is 18.5 Å². The Kier molecular flexibility index (Phi) is 6.37. The van der Waals surface area contributed by atoms with Gasteiger partial charge in [0.25, 0.3) is 0 Å². The van der Waals surface area contributed by atoms with Crippen LogP contribution in [-0.2, 0) is 4.79 Å². The molecule has 0 aliphatic rings. The summed E-state index contributed by atoms with van der Waals surface area (Å²) in [7, 11) is 0. The quantitative estimate of drug-likeness (QED) is 0.791. The second-order valence-electron chi connectivity index (χ2n) is 4.68. The minimum atomic E-state index is -0.341. The number of nitrogens with zero attached hydrogens (tertiary/aromatic N) is 1. The van der Waals surface area contributed by atoms with Gasteiger partial charge in [0, 0.05) is 10.2 Å². The van der Waals surface area contributed by atoms with Crippen molar-refractivity contribution < 1.29 is 4.79 Å².